The Labute approximate surface area is 129 Å². The fourth-order valence-electron chi connectivity index (χ4n) is 2.33. The van der Waals surface area contributed by atoms with E-state index in [0.29, 0.717) is 0 Å². The molecular formula is C17H20N4O. The Balaban J connectivity index is 2.02. The Bertz CT molecular complexity index is 765. The van der Waals surface area contributed by atoms with Crippen LogP contribution in [-0.2, 0) is 0 Å². The molecule has 0 aliphatic rings. The highest BCUT2D eigenvalue weighted by molar-refractivity contribution is 5.90. The fourth-order valence-corrected chi connectivity index (χ4v) is 2.33. The number of anilines is 1. The molecule has 0 radical (unpaired) electrons. The minimum absolute atomic E-state index is 0.718. The van der Waals surface area contributed by atoms with Crippen molar-refractivity contribution in [1.82, 2.24) is 15.0 Å². The second kappa shape index (κ2) is 6.15. The monoisotopic (exact) mass is 296 g/mol. The van der Waals surface area contributed by atoms with E-state index in [1.807, 2.05) is 31.2 Å². The van der Waals surface area contributed by atoms with Crippen molar-refractivity contribution in [2.24, 2.45) is 0 Å². The molecule has 5 nitrogen and oxygen atoms in total. The van der Waals surface area contributed by atoms with E-state index in [0.717, 1.165) is 46.8 Å². The standard InChI is InChI=1S/C17H20N4O/c1-12-16-17(22-20-12)15(18-9-10-21(2)3)11-14(19-16)13-7-5-4-6-8-13/h4-8,11H,9-10H2,1-3H3,(H,18,19). The first-order valence-electron chi connectivity index (χ1n) is 7.36. The molecule has 0 fully saturated rings. The van der Waals surface area contributed by atoms with Crippen LogP contribution in [0.25, 0.3) is 22.4 Å². The second-order valence-corrected chi connectivity index (χ2v) is 5.60. The lowest BCUT2D eigenvalue weighted by atomic mass is 10.1. The van der Waals surface area contributed by atoms with Gasteiger partial charge in [-0.05, 0) is 27.1 Å². The smallest absolute Gasteiger partial charge is 0.208 e. The average molecular weight is 296 g/mol. The maximum atomic E-state index is 5.44. The number of benzene rings is 1. The van der Waals surface area contributed by atoms with Gasteiger partial charge >= 0.3 is 0 Å². The Morgan fingerprint density at radius 3 is 2.68 bits per heavy atom. The van der Waals surface area contributed by atoms with Crippen LogP contribution in [0, 0.1) is 6.92 Å². The van der Waals surface area contributed by atoms with Crippen LogP contribution in [0.2, 0.25) is 0 Å². The largest absolute Gasteiger partial charge is 0.381 e. The van der Waals surface area contributed by atoms with Crippen LogP contribution in [0.15, 0.2) is 40.9 Å². The molecule has 1 aromatic carbocycles. The first kappa shape index (κ1) is 14.5. The van der Waals surface area contributed by atoms with E-state index in [1.165, 1.54) is 0 Å². The number of nitrogens with one attached hydrogen (secondary N) is 1. The maximum absolute atomic E-state index is 5.44. The molecule has 22 heavy (non-hydrogen) atoms. The van der Waals surface area contributed by atoms with Crippen LogP contribution in [0.3, 0.4) is 0 Å². The van der Waals surface area contributed by atoms with Crippen LogP contribution in [-0.4, -0.2) is 42.2 Å². The highest BCUT2D eigenvalue weighted by Gasteiger charge is 2.14. The first-order valence-corrected chi connectivity index (χ1v) is 7.36. The van der Waals surface area contributed by atoms with E-state index in [2.05, 4.69) is 41.6 Å². The molecule has 2 aromatic heterocycles. The van der Waals surface area contributed by atoms with E-state index < -0.39 is 0 Å². The number of pyridine rings is 1. The molecule has 0 saturated carbocycles. The predicted octanol–water partition coefficient (Wildman–Crippen LogP) is 3.17. The molecule has 5 heteroatoms. The quantitative estimate of drug-likeness (QED) is 0.783. The third-order valence-electron chi connectivity index (χ3n) is 3.53. The summed E-state index contributed by atoms with van der Waals surface area (Å²) >= 11 is 0. The molecule has 0 bridgehead atoms. The molecule has 0 amide bonds. The molecular weight excluding hydrogens is 276 g/mol. The summed E-state index contributed by atoms with van der Waals surface area (Å²) in [5.41, 5.74) is 5.28. The van der Waals surface area contributed by atoms with Gasteiger partial charge < -0.3 is 14.7 Å². The summed E-state index contributed by atoms with van der Waals surface area (Å²) in [4.78, 5) is 6.84. The van der Waals surface area contributed by atoms with Gasteiger partial charge in [-0.1, -0.05) is 35.5 Å². The Morgan fingerprint density at radius 1 is 1.18 bits per heavy atom. The van der Waals surface area contributed by atoms with E-state index in [-0.39, 0.29) is 0 Å². The zero-order chi connectivity index (χ0) is 15.5. The molecule has 0 spiro atoms. The van der Waals surface area contributed by atoms with Crippen LogP contribution in [0.5, 0.6) is 0 Å². The molecule has 114 valence electrons. The molecule has 0 unspecified atom stereocenters. The average Bonchev–Trinajstić information content (AvgIpc) is 2.89. The van der Waals surface area contributed by atoms with Gasteiger partial charge in [0.2, 0.25) is 5.58 Å². The SMILES string of the molecule is Cc1noc2c(NCCN(C)C)cc(-c3ccccc3)nc12. The molecule has 0 atom stereocenters. The second-order valence-electron chi connectivity index (χ2n) is 5.60. The van der Waals surface area contributed by atoms with Crippen molar-refractivity contribution in [2.45, 2.75) is 6.92 Å². The van der Waals surface area contributed by atoms with Crippen molar-refractivity contribution in [1.29, 1.82) is 0 Å². The number of fused-ring (bicyclic) bond motifs is 1. The number of hydrogen-bond acceptors (Lipinski definition) is 5. The van der Waals surface area contributed by atoms with E-state index in [9.17, 15) is 0 Å². The van der Waals surface area contributed by atoms with Crippen molar-refractivity contribution < 1.29 is 4.52 Å². The molecule has 3 rings (SSSR count). The van der Waals surface area contributed by atoms with Gasteiger partial charge in [-0.3, -0.25) is 0 Å². The minimum Gasteiger partial charge on any atom is -0.381 e. The van der Waals surface area contributed by atoms with E-state index >= 15 is 0 Å². The maximum Gasteiger partial charge on any atom is 0.208 e. The summed E-state index contributed by atoms with van der Waals surface area (Å²) in [7, 11) is 4.11. The molecule has 0 aliphatic heterocycles. The van der Waals surface area contributed by atoms with Gasteiger partial charge in [0.15, 0.2) is 0 Å². The van der Waals surface area contributed by atoms with Crippen LogP contribution in [0.1, 0.15) is 5.69 Å². The van der Waals surface area contributed by atoms with Gasteiger partial charge in [0.1, 0.15) is 11.2 Å². The summed E-state index contributed by atoms with van der Waals surface area (Å²) in [6.45, 7) is 3.69. The lowest BCUT2D eigenvalue weighted by Gasteiger charge is -2.12. The van der Waals surface area contributed by atoms with Gasteiger partial charge in [-0.2, -0.15) is 0 Å². The van der Waals surface area contributed by atoms with Crippen molar-refractivity contribution >= 4 is 16.8 Å². The van der Waals surface area contributed by atoms with Crippen molar-refractivity contribution in [2.75, 3.05) is 32.5 Å². The van der Waals surface area contributed by atoms with Crippen molar-refractivity contribution in [3.8, 4) is 11.3 Å². The van der Waals surface area contributed by atoms with Crippen LogP contribution >= 0.6 is 0 Å². The molecule has 0 aliphatic carbocycles. The summed E-state index contributed by atoms with van der Waals surface area (Å²) in [5, 5.41) is 7.47. The summed E-state index contributed by atoms with van der Waals surface area (Å²) in [6, 6.07) is 12.2. The fraction of sp³-hybridized carbons (Fsp3) is 0.294. The molecule has 1 N–H and O–H groups in total. The van der Waals surface area contributed by atoms with E-state index in [4.69, 9.17) is 9.51 Å². The zero-order valence-corrected chi connectivity index (χ0v) is 13.1. The molecule has 3 aromatic rings. The van der Waals surface area contributed by atoms with Gasteiger partial charge in [-0.15, -0.1) is 0 Å². The Morgan fingerprint density at radius 2 is 1.95 bits per heavy atom. The van der Waals surface area contributed by atoms with Gasteiger partial charge in [-0.25, -0.2) is 4.98 Å². The normalized spacial score (nSPS) is 11.3. The molecule has 2 heterocycles. The Kier molecular flexibility index (Phi) is 4.06. The van der Waals surface area contributed by atoms with Gasteiger partial charge in [0.05, 0.1) is 11.4 Å². The summed E-state index contributed by atoms with van der Waals surface area (Å²) < 4.78 is 5.44. The summed E-state index contributed by atoms with van der Waals surface area (Å²) in [5.74, 6) is 0. The number of hydrogen-bond donors (Lipinski definition) is 1. The van der Waals surface area contributed by atoms with Crippen LogP contribution < -0.4 is 5.32 Å². The van der Waals surface area contributed by atoms with E-state index in [1.54, 1.807) is 0 Å². The topological polar surface area (TPSA) is 54.2 Å². The number of nitrogens with zero attached hydrogens (tertiary/aromatic N) is 3. The third-order valence-corrected chi connectivity index (χ3v) is 3.53. The van der Waals surface area contributed by atoms with Crippen molar-refractivity contribution in [3.63, 3.8) is 0 Å². The minimum atomic E-state index is 0.718. The van der Waals surface area contributed by atoms with Crippen molar-refractivity contribution in [3.05, 3.63) is 42.1 Å². The lowest BCUT2D eigenvalue weighted by Crippen LogP contribution is -2.20. The lowest BCUT2D eigenvalue weighted by molar-refractivity contribution is 0.424. The highest BCUT2D eigenvalue weighted by Crippen LogP contribution is 2.29. The Hall–Kier alpha value is -2.40. The zero-order valence-electron chi connectivity index (χ0n) is 13.1. The highest BCUT2D eigenvalue weighted by atomic mass is 16.5. The van der Waals surface area contributed by atoms with Crippen LogP contribution in [0.4, 0.5) is 5.69 Å². The number of aromatic nitrogens is 2. The predicted molar refractivity (Wildman–Crippen MR) is 89.0 cm³/mol. The third kappa shape index (κ3) is 2.94. The molecule has 0 saturated heterocycles. The first-order chi connectivity index (χ1) is 10.6. The van der Waals surface area contributed by atoms with Gasteiger partial charge in [0.25, 0.3) is 0 Å². The van der Waals surface area contributed by atoms with Gasteiger partial charge in [0, 0.05) is 18.7 Å². The number of rotatable bonds is 5. The number of likely N-dealkylation sites (N-methyl/N-ethyl adjacent to an activating group) is 1. The number of aryl methyl sites for hydroxylation is 1. The summed E-state index contributed by atoms with van der Waals surface area (Å²) in [6.07, 6.45) is 0.